The molecule has 11 nitrogen and oxygen atoms in total. The average Bonchev–Trinajstić information content (AvgIpc) is 3.81. The summed E-state index contributed by atoms with van der Waals surface area (Å²) in [5, 5.41) is 15.3. The molecule has 2 bridgehead atoms. The van der Waals surface area contributed by atoms with Crippen LogP contribution in [0.25, 0.3) is 17.4 Å². The lowest BCUT2D eigenvalue weighted by molar-refractivity contribution is -0.391. The van der Waals surface area contributed by atoms with Crippen LogP contribution in [0.5, 0.6) is 11.5 Å². The number of thiol groups is 1. The summed E-state index contributed by atoms with van der Waals surface area (Å²) >= 11 is 4.41. The Morgan fingerprint density at radius 1 is 1.04 bits per heavy atom. The van der Waals surface area contributed by atoms with Crippen LogP contribution < -0.4 is 20.1 Å². The number of rotatable bonds is 14. The van der Waals surface area contributed by atoms with E-state index in [1.54, 1.807) is 36.4 Å². The second kappa shape index (κ2) is 14.7. The largest absolute Gasteiger partial charge is 0.493 e. The molecule has 248 valence electrons. The number of nitrogens with one attached hydrogen (secondary N) is 2. The Bertz CT molecular complexity index is 1620. The van der Waals surface area contributed by atoms with Gasteiger partial charge in [-0.2, -0.15) is 0 Å². The van der Waals surface area contributed by atoms with Crippen molar-refractivity contribution in [3.05, 3.63) is 76.9 Å². The fraction of sp³-hybridized carbons (Fsp3) is 0.400. The first-order valence-electron chi connectivity index (χ1n) is 15.8. The second-order valence-electron chi connectivity index (χ2n) is 12.1. The molecule has 1 saturated heterocycles. The maximum absolute atomic E-state index is 12.7. The van der Waals surface area contributed by atoms with Crippen molar-refractivity contribution in [1.29, 1.82) is 0 Å². The number of hydrogen-bond acceptors (Lipinski definition) is 9. The number of amides is 2. The van der Waals surface area contributed by atoms with Crippen molar-refractivity contribution in [2.24, 2.45) is 11.8 Å². The molecule has 47 heavy (non-hydrogen) atoms. The SMILES string of the molecule is COc1ccc(-c2ccc(/C=C(\S)C(=O)NC3CC4CCC3C4)o2)cc1OCC(=O)N[C@@H](CCC1OC(c2ccccc2)O1)C(=O)O. The fourth-order valence-corrected chi connectivity index (χ4v) is 6.71. The van der Waals surface area contributed by atoms with E-state index in [2.05, 4.69) is 23.3 Å². The van der Waals surface area contributed by atoms with Crippen molar-refractivity contribution >= 4 is 36.5 Å². The molecule has 4 atom stereocenters. The van der Waals surface area contributed by atoms with Crippen LogP contribution in [0, 0.1) is 11.8 Å². The topological polar surface area (TPSA) is 146 Å². The van der Waals surface area contributed by atoms with Crippen molar-refractivity contribution in [2.75, 3.05) is 13.7 Å². The van der Waals surface area contributed by atoms with Crippen LogP contribution in [-0.2, 0) is 23.9 Å². The minimum atomic E-state index is -1.17. The highest BCUT2D eigenvalue weighted by Crippen LogP contribution is 2.44. The molecular formula is C35H38N2O9S. The summed E-state index contributed by atoms with van der Waals surface area (Å²) in [5.41, 5.74) is 1.52. The van der Waals surface area contributed by atoms with Gasteiger partial charge in [-0.15, -0.1) is 12.6 Å². The normalized spacial score (nSPS) is 23.9. The molecule has 2 amide bonds. The van der Waals surface area contributed by atoms with Crippen molar-refractivity contribution in [3.63, 3.8) is 0 Å². The van der Waals surface area contributed by atoms with E-state index < -0.39 is 37.1 Å². The van der Waals surface area contributed by atoms with E-state index in [1.807, 2.05) is 30.3 Å². The number of ether oxygens (including phenoxy) is 4. The average molecular weight is 663 g/mol. The molecule has 1 aromatic heterocycles. The summed E-state index contributed by atoms with van der Waals surface area (Å²) < 4.78 is 28.5. The lowest BCUT2D eigenvalue weighted by Gasteiger charge is -2.36. The lowest BCUT2D eigenvalue weighted by Crippen LogP contribution is -2.44. The molecule has 3 fully saturated rings. The van der Waals surface area contributed by atoms with E-state index in [4.69, 9.17) is 23.4 Å². The number of furan rings is 1. The van der Waals surface area contributed by atoms with Gasteiger partial charge in [-0.25, -0.2) is 4.79 Å². The van der Waals surface area contributed by atoms with Crippen LogP contribution in [0.15, 0.2) is 70.0 Å². The molecular weight excluding hydrogens is 624 g/mol. The molecule has 2 aliphatic carbocycles. The third-order valence-electron chi connectivity index (χ3n) is 8.95. The summed E-state index contributed by atoms with van der Waals surface area (Å²) in [5.74, 6) is 0.893. The predicted molar refractivity (Wildman–Crippen MR) is 174 cm³/mol. The van der Waals surface area contributed by atoms with E-state index in [1.165, 1.54) is 26.4 Å². The second-order valence-corrected chi connectivity index (χ2v) is 12.6. The standard InChI is InChI=1S/C35H38N2O9S/c1-42-28-12-9-23(27-13-10-24(44-27)18-30(47)33(39)37-26-16-20-7-8-22(26)15-20)17-29(28)43-19-31(38)36-25(34(40)41)11-14-32-45-35(46-32)21-5-3-2-4-6-21/h2-6,9-10,12-13,17-18,20,22,25-26,32,35,47H,7-8,11,14-16,19H2,1H3,(H,36,38)(H,37,39)(H,40,41)/b30-18-/t20?,22?,25-,26?,32?,35?/m0/s1. The zero-order chi connectivity index (χ0) is 32.9. The quantitative estimate of drug-likeness (QED) is 0.133. The van der Waals surface area contributed by atoms with Gasteiger partial charge in [0.2, 0.25) is 0 Å². The molecule has 2 aromatic carbocycles. The molecule has 0 spiro atoms. The van der Waals surface area contributed by atoms with E-state index in [0.29, 0.717) is 35.2 Å². The van der Waals surface area contributed by atoms with Gasteiger partial charge in [-0.1, -0.05) is 36.8 Å². The number of carboxylic acids is 1. The third kappa shape index (κ3) is 8.01. The van der Waals surface area contributed by atoms with Crippen LogP contribution in [0.3, 0.4) is 0 Å². The summed E-state index contributed by atoms with van der Waals surface area (Å²) in [7, 11) is 1.47. The van der Waals surface area contributed by atoms with Gasteiger partial charge in [0.15, 0.2) is 30.7 Å². The van der Waals surface area contributed by atoms with Gasteiger partial charge in [-0.05, 0) is 73.9 Å². The number of aliphatic carboxylic acids is 1. The van der Waals surface area contributed by atoms with E-state index in [9.17, 15) is 19.5 Å². The molecule has 3 unspecified atom stereocenters. The first kappa shape index (κ1) is 32.7. The Kier molecular flexibility index (Phi) is 10.2. The van der Waals surface area contributed by atoms with Crippen LogP contribution in [0.1, 0.15) is 56.1 Å². The Hall–Kier alpha value is -4.26. The van der Waals surface area contributed by atoms with Crippen molar-refractivity contribution in [1.82, 2.24) is 10.6 Å². The number of benzene rings is 2. The summed E-state index contributed by atoms with van der Waals surface area (Å²) in [4.78, 5) is 37.5. The van der Waals surface area contributed by atoms with E-state index in [0.717, 1.165) is 17.9 Å². The minimum absolute atomic E-state index is 0.110. The van der Waals surface area contributed by atoms with Crippen LogP contribution >= 0.6 is 12.6 Å². The molecule has 2 heterocycles. The smallest absolute Gasteiger partial charge is 0.326 e. The summed E-state index contributed by atoms with van der Waals surface area (Å²) in [6.07, 6.45) is 5.62. The van der Waals surface area contributed by atoms with Crippen LogP contribution in [0.2, 0.25) is 0 Å². The van der Waals surface area contributed by atoms with Crippen molar-refractivity contribution in [2.45, 2.75) is 63.2 Å². The van der Waals surface area contributed by atoms with E-state index in [-0.39, 0.29) is 29.0 Å². The lowest BCUT2D eigenvalue weighted by atomic mass is 9.95. The molecule has 3 aromatic rings. The number of carbonyl (C=O) groups excluding carboxylic acids is 2. The number of carboxylic acid groups (broad SMARTS) is 1. The first-order chi connectivity index (χ1) is 22.7. The van der Waals surface area contributed by atoms with Crippen LogP contribution in [0.4, 0.5) is 0 Å². The predicted octanol–water partition coefficient (Wildman–Crippen LogP) is 5.33. The van der Waals surface area contributed by atoms with Crippen molar-refractivity contribution < 1.29 is 42.9 Å². The zero-order valence-electron chi connectivity index (χ0n) is 25.9. The fourth-order valence-electron chi connectivity index (χ4n) is 6.52. The van der Waals surface area contributed by atoms with Gasteiger partial charge in [0.25, 0.3) is 11.8 Å². The van der Waals surface area contributed by atoms with Gasteiger partial charge >= 0.3 is 5.97 Å². The molecule has 0 radical (unpaired) electrons. The van der Waals surface area contributed by atoms with Crippen LogP contribution in [-0.4, -0.2) is 55.0 Å². The number of fused-ring (bicyclic) bond motifs is 2. The monoisotopic (exact) mass is 662 g/mol. The Morgan fingerprint density at radius 2 is 1.85 bits per heavy atom. The molecule has 12 heteroatoms. The van der Waals surface area contributed by atoms with Gasteiger partial charge < -0.3 is 39.1 Å². The Morgan fingerprint density at radius 3 is 2.55 bits per heavy atom. The van der Waals surface area contributed by atoms with Gasteiger partial charge in [0.1, 0.15) is 17.6 Å². The maximum Gasteiger partial charge on any atom is 0.326 e. The maximum atomic E-state index is 12.7. The third-order valence-corrected chi connectivity index (χ3v) is 9.28. The molecule has 3 aliphatic rings. The summed E-state index contributed by atoms with van der Waals surface area (Å²) in [6, 6.07) is 17.1. The van der Waals surface area contributed by atoms with Gasteiger partial charge in [-0.3, -0.25) is 9.59 Å². The molecule has 1 aliphatic heterocycles. The minimum Gasteiger partial charge on any atom is -0.493 e. The van der Waals surface area contributed by atoms with Gasteiger partial charge in [0.05, 0.1) is 12.0 Å². The highest BCUT2D eigenvalue weighted by Gasteiger charge is 2.40. The van der Waals surface area contributed by atoms with E-state index >= 15 is 0 Å². The molecule has 2 saturated carbocycles. The van der Waals surface area contributed by atoms with Gasteiger partial charge in [0, 0.05) is 23.6 Å². The zero-order valence-corrected chi connectivity index (χ0v) is 26.8. The Balaban J connectivity index is 1.01. The number of hydrogen-bond donors (Lipinski definition) is 4. The number of methoxy groups -OCH3 is 1. The highest BCUT2D eigenvalue weighted by molar-refractivity contribution is 7.85. The Labute approximate surface area is 278 Å². The highest BCUT2D eigenvalue weighted by atomic mass is 32.1. The van der Waals surface area contributed by atoms with Crippen molar-refractivity contribution in [3.8, 4) is 22.8 Å². The first-order valence-corrected chi connectivity index (χ1v) is 16.2. The number of carbonyl (C=O) groups is 3. The summed E-state index contributed by atoms with van der Waals surface area (Å²) in [6.45, 7) is -0.441. The molecule has 3 N–H and O–H groups in total. The molecule has 6 rings (SSSR count).